The number of hydrogen-bond donors (Lipinski definition) is 1. The fraction of sp³-hybridized carbons (Fsp3) is 0.400. The van der Waals surface area contributed by atoms with Crippen molar-refractivity contribution in [1.29, 1.82) is 0 Å². The van der Waals surface area contributed by atoms with Gasteiger partial charge in [0.25, 0.3) is 0 Å². The number of thiophene rings is 1. The van der Waals surface area contributed by atoms with Gasteiger partial charge in [-0.3, -0.25) is 4.98 Å². The topological polar surface area (TPSA) is 34.2 Å². The van der Waals surface area contributed by atoms with Crippen LogP contribution in [0.15, 0.2) is 29.2 Å². The van der Waals surface area contributed by atoms with Crippen molar-refractivity contribution in [2.45, 2.75) is 32.9 Å². The molecule has 0 aliphatic carbocycles. The molecule has 4 heteroatoms. The van der Waals surface area contributed by atoms with Crippen molar-refractivity contribution in [2.24, 2.45) is 0 Å². The van der Waals surface area contributed by atoms with Crippen LogP contribution in [0.3, 0.4) is 0 Å². The molecule has 0 saturated heterocycles. The minimum absolute atomic E-state index is 0.160. The Morgan fingerprint density at radius 2 is 2.05 bits per heavy atom. The molecule has 0 aliphatic heterocycles. The standard InChI is InChI=1S/C15H20N2OS/c1-10(2)18-13-5-12(6-17-7-13)15(16-4)14-9-19-8-11(14)3/h5-10,15-16H,1-4H3. The Hall–Kier alpha value is -1.39. The number of nitrogens with one attached hydrogen (secondary N) is 1. The van der Waals surface area contributed by atoms with E-state index in [1.165, 1.54) is 11.1 Å². The summed E-state index contributed by atoms with van der Waals surface area (Å²) in [5, 5.41) is 7.71. The molecule has 0 saturated carbocycles. The molecular weight excluding hydrogens is 256 g/mol. The quantitative estimate of drug-likeness (QED) is 0.907. The van der Waals surface area contributed by atoms with E-state index in [1.54, 1.807) is 17.5 Å². The first-order valence-corrected chi connectivity index (χ1v) is 7.37. The normalized spacial score (nSPS) is 12.7. The zero-order valence-corrected chi connectivity index (χ0v) is 12.6. The number of ether oxygens (including phenoxy) is 1. The van der Waals surface area contributed by atoms with Gasteiger partial charge in [-0.05, 0) is 61.3 Å². The van der Waals surface area contributed by atoms with Gasteiger partial charge >= 0.3 is 0 Å². The first-order chi connectivity index (χ1) is 9.11. The van der Waals surface area contributed by atoms with E-state index in [4.69, 9.17) is 4.74 Å². The fourth-order valence-corrected chi connectivity index (χ4v) is 2.97. The number of rotatable bonds is 5. The molecule has 0 radical (unpaired) electrons. The summed E-state index contributed by atoms with van der Waals surface area (Å²) >= 11 is 1.73. The Labute approximate surface area is 118 Å². The Morgan fingerprint density at radius 1 is 1.26 bits per heavy atom. The maximum absolute atomic E-state index is 5.71. The molecule has 0 aliphatic rings. The lowest BCUT2D eigenvalue weighted by Gasteiger charge is -2.18. The van der Waals surface area contributed by atoms with Crippen molar-refractivity contribution in [3.8, 4) is 5.75 Å². The molecule has 1 unspecified atom stereocenters. The van der Waals surface area contributed by atoms with Crippen LogP contribution >= 0.6 is 11.3 Å². The number of hydrogen-bond acceptors (Lipinski definition) is 4. The van der Waals surface area contributed by atoms with E-state index < -0.39 is 0 Å². The summed E-state index contributed by atoms with van der Waals surface area (Å²) in [6.45, 7) is 6.18. The Balaban J connectivity index is 2.31. The van der Waals surface area contributed by atoms with E-state index in [2.05, 4.69) is 34.1 Å². The molecule has 3 nitrogen and oxygen atoms in total. The van der Waals surface area contributed by atoms with Gasteiger partial charge in [0.2, 0.25) is 0 Å². The van der Waals surface area contributed by atoms with Gasteiger partial charge in [-0.15, -0.1) is 0 Å². The van der Waals surface area contributed by atoms with E-state index >= 15 is 0 Å². The molecule has 2 aromatic rings. The molecule has 0 aromatic carbocycles. The largest absolute Gasteiger partial charge is 0.489 e. The summed E-state index contributed by atoms with van der Waals surface area (Å²) in [6.07, 6.45) is 3.82. The fourth-order valence-electron chi connectivity index (χ4n) is 2.10. The number of aryl methyl sites for hydroxylation is 1. The van der Waals surface area contributed by atoms with E-state index in [0.29, 0.717) is 0 Å². The monoisotopic (exact) mass is 276 g/mol. The van der Waals surface area contributed by atoms with Crippen molar-refractivity contribution in [3.05, 3.63) is 45.9 Å². The van der Waals surface area contributed by atoms with Crippen molar-refractivity contribution in [1.82, 2.24) is 10.3 Å². The smallest absolute Gasteiger partial charge is 0.138 e. The Morgan fingerprint density at radius 3 is 2.63 bits per heavy atom. The third-order valence-electron chi connectivity index (χ3n) is 2.93. The SMILES string of the molecule is CNC(c1cncc(OC(C)C)c1)c1cscc1C. The van der Waals surface area contributed by atoms with E-state index in [1.807, 2.05) is 27.1 Å². The predicted molar refractivity (Wildman–Crippen MR) is 80.0 cm³/mol. The van der Waals surface area contributed by atoms with Crippen molar-refractivity contribution < 1.29 is 4.74 Å². The second-order valence-electron chi connectivity index (χ2n) is 4.85. The molecule has 0 bridgehead atoms. The minimum Gasteiger partial charge on any atom is -0.489 e. The van der Waals surface area contributed by atoms with Crippen LogP contribution in [-0.2, 0) is 0 Å². The first kappa shape index (κ1) is 14.0. The lowest BCUT2D eigenvalue weighted by molar-refractivity contribution is 0.241. The maximum Gasteiger partial charge on any atom is 0.138 e. The van der Waals surface area contributed by atoms with Crippen molar-refractivity contribution in [2.75, 3.05) is 7.05 Å². The molecule has 2 rings (SSSR count). The highest BCUT2D eigenvalue weighted by Gasteiger charge is 2.16. The van der Waals surface area contributed by atoms with Gasteiger partial charge < -0.3 is 10.1 Å². The number of aromatic nitrogens is 1. The summed E-state index contributed by atoms with van der Waals surface area (Å²) < 4.78 is 5.71. The zero-order valence-electron chi connectivity index (χ0n) is 11.8. The molecule has 19 heavy (non-hydrogen) atoms. The molecular formula is C15H20N2OS. The van der Waals surface area contributed by atoms with Crippen LogP contribution in [0.25, 0.3) is 0 Å². The predicted octanol–water partition coefficient (Wildman–Crippen LogP) is 3.55. The zero-order chi connectivity index (χ0) is 13.8. The van der Waals surface area contributed by atoms with Crippen LogP contribution in [0.5, 0.6) is 5.75 Å². The molecule has 102 valence electrons. The van der Waals surface area contributed by atoms with Crippen LogP contribution in [-0.4, -0.2) is 18.1 Å². The van der Waals surface area contributed by atoms with Crippen LogP contribution in [0.4, 0.5) is 0 Å². The van der Waals surface area contributed by atoms with Crippen molar-refractivity contribution >= 4 is 11.3 Å². The van der Waals surface area contributed by atoms with Gasteiger partial charge in [-0.1, -0.05) is 0 Å². The maximum atomic E-state index is 5.71. The highest BCUT2D eigenvalue weighted by atomic mass is 32.1. The van der Waals surface area contributed by atoms with Gasteiger partial charge in [-0.25, -0.2) is 0 Å². The summed E-state index contributed by atoms with van der Waals surface area (Å²) in [4.78, 5) is 4.28. The van der Waals surface area contributed by atoms with Crippen LogP contribution < -0.4 is 10.1 Å². The summed E-state index contributed by atoms with van der Waals surface area (Å²) in [5.74, 6) is 0.820. The molecule has 1 N–H and O–H groups in total. The summed E-state index contributed by atoms with van der Waals surface area (Å²) in [5.41, 5.74) is 3.73. The molecule has 1 atom stereocenters. The van der Waals surface area contributed by atoms with Gasteiger partial charge in [0.05, 0.1) is 18.3 Å². The van der Waals surface area contributed by atoms with E-state index in [-0.39, 0.29) is 12.1 Å². The molecule has 2 aromatic heterocycles. The lowest BCUT2D eigenvalue weighted by atomic mass is 10.00. The van der Waals surface area contributed by atoms with Crippen LogP contribution in [0.2, 0.25) is 0 Å². The third-order valence-corrected chi connectivity index (χ3v) is 3.81. The third kappa shape index (κ3) is 3.33. The second-order valence-corrected chi connectivity index (χ2v) is 5.60. The average molecular weight is 276 g/mol. The van der Waals surface area contributed by atoms with Gasteiger partial charge in [0, 0.05) is 6.20 Å². The highest BCUT2D eigenvalue weighted by molar-refractivity contribution is 7.08. The van der Waals surface area contributed by atoms with Crippen LogP contribution in [0.1, 0.15) is 36.6 Å². The highest BCUT2D eigenvalue weighted by Crippen LogP contribution is 2.28. The van der Waals surface area contributed by atoms with Gasteiger partial charge in [-0.2, -0.15) is 11.3 Å². The summed E-state index contributed by atoms with van der Waals surface area (Å²) in [6, 6.07) is 2.22. The number of pyridine rings is 1. The Kier molecular flexibility index (Phi) is 4.56. The van der Waals surface area contributed by atoms with Gasteiger partial charge in [0.1, 0.15) is 5.75 Å². The second kappa shape index (κ2) is 6.17. The van der Waals surface area contributed by atoms with Gasteiger partial charge in [0.15, 0.2) is 0 Å². The molecule has 0 spiro atoms. The molecule has 0 amide bonds. The molecule has 2 heterocycles. The van der Waals surface area contributed by atoms with Crippen LogP contribution in [0, 0.1) is 6.92 Å². The Bertz CT molecular complexity index is 536. The lowest BCUT2D eigenvalue weighted by Crippen LogP contribution is -2.18. The molecule has 0 fully saturated rings. The van der Waals surface area contributed by atoms with Crippen molar-refractivity contribution in [3.63, 3.8) is 0 Å². The van der Waals surface area contributed by atoms with E-state index in [0.717, 1.165) is 11.3 Å². The minimum atomic E-state index is 0.160. The first-order valence-electron chi connectivity index (χ1n) is 6.43. The summed E-state index contributed by atoms with van der Waals surface area (Å²) in [7, 11) is 1.97. The van der Waals surface area contributed by atoms with E-state index in [9.17, 15) is 0 Å². The number of nitrogens with zero attached hydrogens (tertiary/aromatic N) is 1. The average Bonchev–Trinajstić information content (AvgIpc) is 2.77.